The van der Waals surface area contributed by atoms with E-state index in [-0.39, 0.29) is 16.9 Å². The van der Waals surface area contributed by atoms with Crippen LogP contribution >= 0.6 is 0 Å². The largest absolute Gasteiger partial charge is 0.419 e. The molecule has 0 fully saturated rings. The molecule has 0 unspecified atom stereocenters. The number of anilines is 2. The molecule has 134 valence electrons. The summed E-state index contributed by atoms with van der Waals surface area (Å²) >= 11 is 0. The molecule has 2 aromatic rings. The van der Waals surface area contributed by atoms with Crippen molar-refractivity contribution < 1.29 is 30.8 Å². The number of para-hydroxylation sites is 1. The van der Waals surface area contributed by atoms with Crippen LogP contribution in [0.25, 0.3) is 0 Å². The Morgan fingerprint density at radius 2 is 1.72 bits per heavy atom. The van der Waals surface area contributed by atoms with Crippen LogP contribution in [-0.2, 0) is 16.2 Å². The normalized spacial score (nSPS) is 11.9. The summed E-state index contributed by atoms with van der Waals surface area (Å²) in [7, 11) is -3.67. The van der Waals surface area contributed by atoms with Gasteiger partial charge in [-0.1, -0.05) is 12.1 Å². The van der Waals surface area contributed by atoms with Crippen LogP contribution < -0.4 is 10.0 Å². The third kappa shape index (κ3) is 4.92. The van der Waals surface area contributed by atoms with Crippen molar-refractivity contribution in [1.29, 1.82) is 0 Å². The van der Waals surface area contributed by atoms with Crippen LogP contribution in [0, 0.1) is 5.82 Å². The van der Waals surface area contributed by atoms with Crippen LogP contribution in [0.4, 0.5) is 28.9 Å². The number of rotatable bonds is 4. The number of hydrogen-bond acceptors (Lipinski definition) is 3. The Morgan fingerprint density at radius 1 is 1.08 bits per heavy atom. The molecule has 2 N–H and O–H groups in total. The number of amides is 1. The SMILES string of the molecule is CS(=O)(=O)Nc1ccccc1C(=O)Nc1ccc(F)c(C(F)(F)F)c1. The van der Waals surface area contributed by atoms with E-state index in [0.29, 0.717) is 12.1 Å². The number of carbonyl (C=O) groups is 1. The predicted octanol–water partition coefficient (Wildman–Crippen LogP) is 3.47. The minimum absolute atomic E-state index is 0.0411. The van der Waals surface area contributed by atoms with Crippen LogP contribution in [0.5, 0.6) is 0 Å². The molecule has 1 amide bonds. The minimum atomic E-state index is -4.92. The van der Waals surface area contributed by atoms with Gasteiger partial charge in [-0.3, -0.25) is 9.52 Å². The van der Waals surface area contributed by atoms with Crippen molar-refractivity contribution in [3.05, 3.63) is 59.4 Å². The van der Waals surface area contributed by atoms with E-state index in [1.807, 2.05) is 0 Å². The van der Waals surface area contributed by atoms with Gasteiger partial charge in [0.15, 0.2) is 0 Å². The Morgan fingerprint density at radius 3 is 2.32 bits per heavy atom. The average molecular weight is 376 g/mol. The molecule has 5 nitrogen and oxygen atoms in total. The van der Waals surface area contributed by atoms with Gasteiger partial charge in [-0.05, 0) is 30.3 Å². The Balaban J connectivity index is 2.33. The molecule has 0 aliphatic rings. The van der Waals surface area contributed by atoms with Crippen molar-refractivity contribution in [2.24, 2.45) is 0 Å². The number of hydrogen-bond donors (Lipinski definition) is 2. The number of sulfonamides is 1. The first-order chi connectivity index (χ1) is 11.5. The van der Waals surface area contributed by atoms with Crippen LogP contribution in [0.2, 0.25) is 0 Å². The maximum Gasteiger partial charge on any atom is 0.419 e. The molecule has 0 aliphatic carbocycles. The number of benzene rings is 2. The molecule has 0 atom stereocenters. The van der Waals surface area contributed by atoms with Gasteiger partial charge in [-0.25, -0.2) is 12.8 Å². The Hall–Kier alpha value is -2.62. The second-order valence-electron chi connectivity index (χ2n) is 5.07. The molecule has 2 rings (SSSR count). The highest BCUT2D eigenvalue weighted by molar-refractivity contribution is 7.92. The van der Waals surface area contributed by atoms with E-state index in [0.717, 1.165) is 12.3 Å². The van der Waals surface area contributed by atoms with Gasteiger partial charge in [-0.2, -0.15) is 13.2 Å². The zero-order chi connectivity index (χ0) is 18.8. The third-order valence-corrected chi connectivity index (χ3v) is 3.59. The standard InChI is InChI=1S/C15H12F4N2O3S/c1-25(23,24)21-13-5-3-2-4-10(13)14(22)20-9-6-7-12(16)11(8-9)15(17,18)19/h2-8,21H,1H3,(H,20,22). The average Bonchev–Trinajstić information content (AvgIpc) is 2.47. The fourth-order valence-corrected chi connectivity index (χ4v) is 2.57. The molecule has 0 aliphatic heterocycles. The summed E-state index contributed by atoms with van der Waals surface area (Å²) in [6, 6.07) is 7.55. The third-order valence-electron chi connectivity index (χ3n) is 3.00. The van der Waals surface area contributed by atoms with Gasteiger partial charge < -0.3 is 5.32 Å². The van der Waals surface area contributed by atoms with Crippen LogP contribution in [-0.4, -0.2) is 20.6 Å². The molecule has 0 heterocycles. The first kappa shape index (κ1) is 18.7. The lowest BCUT2D eigenvalue weighted by Gasteiger charge is -2.13. The summed E-state index contributed by atoms with van der Waals surface area (Å²) in [5, 5.41) is 2.18. The maximum absolute atomic E-state index is 13.3. The van der Waals surface area contributed by atoms with E-state index in [2.05, 4.69) is 10.0 Å². The van der Waals surface area contributed by atoms with Crippen LogP contribution in [0.3, 0.4) is 0 Å². The van der Waals surface area contributed by atoms with Crippen molar-refractivity contribution >= 4 is 27.3 Å². The van der Waals surface area contributed by atoms with Gasteiger partial charge in [0.05, 0.1) is 23.1 Å². The van der Waals surface area contributed by atoms with E-state index in [1.54, 1.807) is 0 Å². The van der Waals surface area contributed by atoms with E-state index >= 15 is 0 Å². The Kier molecular flexibility index (Phi) is 5.02. The van der Waals surface area contributed by atoms with E-state index in [1.165, 1.54) is 24.3 Å². The van der Waals surface area contributed by atoms with Crippen molar-refractivity contribution in [2.45, 2.75) is 6.18 Å². The van der Waals surface area contributed by atoms with Gasteiger partial charge in [0.1, 0.15) is 5.82 Å². The molecule has 0 saturated heterocycles. The minimum Gasteiger partial charge on any atom is -0.322 e. The number of halogens is 4. The van der Waals surface area contributed by atoms with Gasteiger partial charge >= 0.3 is 6.18 Å². The summed E-state index contributed by atoms with van der Waals surface area (Å²) in [6.07, 6.45) is -4.03. The molecule has 0 bridgehead atoms. The highest BCUT2D eigenvalue weighted by atomic mass is 32.2. The molecular formula is C15H12F4N2O3S. The quantitative estimate of drug-likeness (QED) is 0.803. The molecule has 0 aromatic heterocycles. The smallest absolute Gasteiger partial charge is 0.322 e. The lowest BCUT2D eigenvalue weighted by Crippen LogP contribution is -2.18. The Labute approximate surface area is 140 Å². The highest BCUT2D eigenvalue weighted by Gasteiger charge is 2.34. The first-order valence-electron chi connectivity index (χ1n) is 6.72. The summed E-state index contributed by atoms with van der Waals surface area (Å²) in [6.45, 7) is 0. The van der Waals surface area contributed by atoms with Gasteiger partial charge in [0.2, 0.25) is 10.0 Å². The molecule has 0 spiro atoms. The number of alkyl halides is 3. The summed E-state index contributed by atoms with van der Waals surface area (Å²) in [5.41, 5.74) is -1.95. The second kappa shape index (κ2) is 6.71. The van der Waals surface area contributed by atoms with Crippen LogP contribution in [0.1, 0.15) is 15.9 Å². The van der Waals surface area contributed by atoms with Crippen molar-refractivity contribution in [1.82, 2.24) is 0 Å². The molecule has 25 heavy (non-hydrogen) atoms. The van der Waals surface area contributed by atoms with E-state index < -0.39 is 33.5 Å². The van der Waals surface area contributed by atoms with E-state index in [9.17, 15) is 30.8 Å². The zero-order valence-electron chi connectivity index (χ0n) is 12.7. The van der Waals surface area contributed by atoms with Crippen LogP contribution in [0.15, 0.2) is 42.5 Å². The van der Waals surface area contributed by atoms with Crippen molar-refractivity contribution in [2.75, 3.05) is 16.3 Å². The first-order valence-corrected chi connectivity index (χ1v) is 8.61. The highest BCUT2D eigenvalue weighted by Crippen LogP contribution is 2.33. The fraction of sp³-hybridized carbons (Fsp3) is 0.133. The number of nitrogens with one attached hydrogen (secondary N) is 2. The molecule has 0 radical (unpaired) electrons. The maximum atomic E-state index is 13.3. The molecular weight excluding hydrogens is 364 g/mol. The summed E-state index contributed by atoms with van der Waals surface area (Å²) in [4.78, 5) is 12.2. The van der Waals surface area contributed by atoms with Crippen molar-refractivity contribution in [3.8, 4) is 0 Å². The fourth-order valence-electron chi connectivity index (χ4n) is 1.99. The number of carbonyl (C=O) groups excluding carboxylic acids is 1. The molecule has 10 heteroatoms. The predicted molar refractivity (Wildman–Crippen MR) is 84.3 cm³/mol. The monoisotopic (exact) mass is 376 g/mol. The summed E-state index contributed by atoms with van der Waals surface area (Å²) in [5.74, 6) is -2.32. The van der Waals surface area contributed by atoms with Gasteiger partial charge in [0, 0.05) is 5.69 Å². The van der Waals surface area contributed by atoms with E-state index in [4.69, 9.17) is 0 Å². The van der Waals surface area contributed by atoms with Gasteiger partial charge in [-0.15, -0.1) is 0 Å². The van der Waals surface area contributed by atoms with Crippen molar-refractivity contribution in [3.63, 3.8) is 0 Å². The second-order valence-corrected chi connectivity index (χ2v) is 6.81. The molecule has 2 aromatic carbocycles. The lowest BCUT2D eigenvalue weighted by molar-refractivity contribution is -0.139. The Bertz CT molecular complexity index is 911. The van der Waals surface area contributed by atoms with Gasteiger partial charge in [0.25, 0.3) is 5.91 Å². The molecule has 0 saturated carbocycles. The topological polar surface area (TPSA) is 75.3 Å². The summed E-state index contributed by atoms with van der Waals surface area (Å²) < 4.78 is 76.2. The zero-order valence-corrected chi connectivity index (χ0v) is 13.5. The lowest BCUT2D eigenvalue weighted by atomic mass is 10.1.